The van der Waals surface area contributed by atoms with Gasteiger partial charge < -0.3 is 5.32 Å². The molecule has 0 amide bonds. The second-order valence-corrected chi connectivity index (χ2v) is 4.82. The van der Waals surface area contributed by atoms with E-state index in [2.05, 4.69) is 10.3 Å². The predicted octanol–water partition coefficient (Wildman–Crippen LogP) is 1.96. The van der Waals surface area contributed by atoms with Crippen molar-refractivity contribution in [3.05, 3.63) is 42.1 Å². The van der Waals surface area contributed by atoms with Crippen molar-refractivity contribution in [2.24, 2.45) is 5.92 Å². The van der Waals surface area contributed by atoms with E-state index in [1.807, 2.05) is 30.3 Å². The summed E-state index contributed by atoms with van der Waals surface area (Å²) in [5.41, 5.74) is 2.06. The van der Waals surface area contributed by atoms with Gasteiger partial charge in [-0.3, -0.25) is 9.78 Å². The average molecular weight is 240 g/mol. The predicted molar refractivity (Wildman–Crippen MR) is 71.4 cm³/mol. The molecular formula is C15H16N2O. The molecule has 1 saturated heterocycles. The van der Waals surface area contributed by atoms with Gasteiger partial charge in [-0.05, 0) is 30.7 Å². The minimum Gasteiger partial charge on any atom is -0.316 e. The van der Waals surface area contributed by atoms with Gasteiger partial charge in [-0.2, -0.15) is 0 Å². The molecule has 0 aliphatic carbocycles. The van der Waals surface area contributed by atoms with Crippen molar-refractivity contribution in [3.63, 3.8) is 0 Å². The molecule has 92 valence electrons. The Hall–Kier alpha value is -1.74. The largest absolute Gasteiger partial charge is 0.316 e. The van der Waals surface area contributed by atoms with Crippen LogP contribution in [0.5, 0.6) is 0 Å². The molecular weight excluding hydrogens is 224 g/mol. The molecule has 1 N–H and O–H groups in total. The van der Waals surface area contributed by atoms with E-state index in [0.29, 0.717) is 12.2 Å². The number of rotatable bonds is 3. The van der Waals surface area contributed by atoms with Gasteiger partial charge in [0.1, 0.15) is 5.78 Å². The molecule has 1 aromatic heterocycles. The molecule has 0 radical (unpaired) electrons. The summed E-state index contributed by atoms with van der Waals surface area (Å²) in [6.45, 7) is 1.80. The Morgan fingerprint density at radius 1 is 1.33 bits per heavy atom. The number of ketones is 1. The third-order valence-electron chi connectivity index (χ3n) is 3.62. The van der Waals surface area contributed by atoms with E-state index in [0.717, 1.165) is 36.0 Å². The number of fused-ring (bicyclic) bond motifs is 1. The summed E-state index contributed by atoms with van der Waals surface area (Å²) in [5, 5.41) is 4.34. The maximum Gasteiger partial charge on any atom is 0.141 e. The Morgan fingerprint density at radius 3 is 3.06 bits per heavy atom. The number of hydrogen-bond acceptors (Lipinski definition) is 3. The molecule has 18 heavy (non-hydrogen) atoms. The highest BCUT2D eigenvalue weighted by atomic mass is 16.1. The fourth-order valence-corrected chi connectivity index (χ4v) is 2.57. The summed E-state index contributed by atoms with van der Waals surface area (Å²) in [6.07, 6.45) is 3.29. The van der Waals surface area contributed by atoms with E-state index in [9.17, 15) is 4.79 Å². The van der Waals surface area contributed by atoms with Crippen LogP contribution in [-0.4, -0.2) is 23.9 Å². The van der Waals surface area contributed by atoms with Crippen molar-refractivity contribution in [2.75, 3.05) is 13.1 Å². The van der Waals surface area contributed by atoms with Crippen LogP contribution in [0.25, 0.3) is 10.9 Å². The number of pyridine rings is 1. The van der Waals surface area contributed by atoms with Crippen molar-refractivity contribution in [2.45, 2.75) is 12.8 Å². The van der Waals surface area contributed by atoms with Gasteiger partial charge in [0, 0.05) is 30.5 Å². The number of benzene rings is 1. The monoisotopic (exact) mass is 240 g/mol. The lowest BCUT2D eigenvalue weighted by molar-refractivity contribution is -0.121. The van der Waals surface area contributed by atoms with Gasteiger partial charge in [-0.15, -0.1) is 0 Å². The first-order valence-corrected chi connectivity index (χ1v) is 6.40. The van der Waals surface area contributed by atoms with Gasteiger partial charge in [-0.25, -0.2) is 0 Å². The molecule has 3 nitrogen and oxygen atoms in total. The van der Waals surface area contributed by atoms with Gasteiger partial charge in [-0.1, -0.05) is 18.2 Å². The number of aromatic nitrogens is 1. The van der Waals surface area contributed by atoms with Crippen LogP contribution in [0.1, 0.15) is 12.0 Å². The van der Waals surface area contributed by atoms with Gasteiger partial charge in [0.15, 0.2) is 0 Å². The molecule has 1 fully saturated rings. The molecule has 1 atom stereocenters. The van der Waals surface area contributed by atoms with Crippen LogP contribution in [0.2, 0.25) is 0 Å². The number of carbonyl (C=O) groups is 1. The van der Waals surface area contributed by atoms with Crippen molar-refractivity contribution < 1.29 is 4.79 Å². The molecule has 0 saturated carbocycles. The maximum atomic E-state index is 12.2. The second-order valence-electron chi connectivity index (χ2n) is 4.82. The Kier molecular flexibility index (Phi) is 3.07. The molecule has 0 spiro atoms. The summed E-state index contributed by atoms with van der Waals surface area (Å²) in [6, 6.07) is 9.96. The van der Waals surface area contributed by atoms with Gasteiger partial charge >= 0.3 is 0 Å². The summed E-state index contributed by atoms with van der Waals surface area (Å²) in [4.78, 5) is 16.5. The molecule has 1 aliphatic rings. The Balaban J connectivity index is 1.88. The molecule has 2 heterocycles. The summed E-state index contributed by atoms with van der Waals surface area (Å²) in [5.74, 6) is 0.535. The molecule has 3 heteroatoms. The highest BCUT2D eigenvalue weighted by Crippen LogP contribution is 2.19. The van der Waals surface area contributed by atoms with Crippen LogP contribution in [0.4, 0.5) is 0 Å². The molecule has 0 bridgehead atoms. The quantitative estimate of drug-likeness (QED) is 0.891. The number of para-hydroxylation sites is 1. The van der Waals surface area contributed by atoms with Crippen LogP contribution in [0.3, 0.4) is 0 Å². The molecule has 1 aliphatic heterocycles. The SMILES string of the molecule is O=C(Cc1ccnc2ccccc12)C1CCNC1. The van der Waals surface area contributed by atoms with Crippen LogP contribution in [-0.2, 0) is 11.2 Å². The van der Waals surface area contributed by atoms with Crippen LogP contribution < -0.4 is 5.32 Å². The fraction of sp³-hybridized carbons (Fsp3) is 0.333. The van der Waals surface area contributed by atoms with Crippen molar-refractivity contribution >= 4 is 16.7 Å². The summed E-state index contributed by atoms with van der Waals surface area (Å²) in [7, 11) is 0. The van der Waals surface area contributed by atoms with Crippen LogP contribution in [0.15, 0.2) is 36.5 Å². The van der Waals surface area contributed by atoms with E-state index < -0.39 is 0 Å². The average Bonchev–Trinajstić information content (AvgIpc) is 2.93. The highest BCUT2D eigenvalue weighted by molar-refractivity contribution is 5.90. The first-order valence-electron chi connectivity index (χ1n) is 6.40. The first-order chi connectivity index (χ1) is 8.84. The number of nitrogens with one attached hydrogen (secondary N) is 1. The summed E-state index contributed by atoms with van der Waals surface area (Å²) >= 11 is 0. The molecule has 3 rings (SSSR count). The fourth-order valence-electron chi connectivity index (χ4n) is 2.57. The number of hydrogen-bond donors (Lipinski definition) is 1. The Bertz CT molecular complexity index is 568. The third kappa shape index (κ3) is 2.14. The molecule has 1 unspecified atom stereocenters. The molecule has 2 aromatic rings. The highest BCUT2D eigenvalue weighted by Gasteiger charge is 2.22. The topological polar surface area (TPSA) is 42.0 Å². The van der Waals surface area contributed by atoms with E-state index in [4.69, 9.17) is 0 Å². The lowest BCUT2D eigenvalue weighted by Gasteiger charge is -2.09. The van der Waals surface area contributed by atoms with Gasteiger partial charge in [0.2, 0.25) is 0 Å². The maximum absolute atomic E-state index is 12.2. The zero-order valence-electron chi connectivity index (χ0n) is 10.2. The van der Waals surface area contributed by atoms with Crippen molar-refractivity contribution in [1.82, 2.24) is 10.3 Å². The third-order valence-corrected chi connectivity index (χ3v) is 3.62. The minimum atomic E-state index is 0.192. The summed E-state index contributed by atoms with van der Waals surface area (Å²) < 4.78 is 0. The van der Waals surface area contributed by atoms with Crippen LogP contribution in [0, 0.1) is 5.92 Å². The number of Topliss-reactive ketones (excluding diaryl/α,β-unsaturated/α-hetero) is 1. The number of carbonyl (C=O) groups excluding carboxylic acids is 1. The smallest absolute Gasteiger partial charge is 0.141 e. The van der Waals surface area contributed by atoms with E-state index in [-0.39, 0.29) is 5.92 Å². The zero-order valence-corrected chi connectivity index (χ0v) is 10.2. The normalized spacial score (nSPS) is 19.2. The minimum absolute atomic E-state index is 0.192. The lowest BCUT2D eigenvalue weighted by atomic mass is 9.95. The molecule has 1 aromatic carbocycles. The van der Waals surface area contributed by atoms with E-state index in [1.165, 1.54) is 0 Å². The van der Waals surface area contributed by atoms with E-state index in [1.54, 1.807) is 6.20 Å². The van der Waals surface area contributed by atoms with E-state index >= 15 is 0 Å². The first kappa shape index (κ1) is 11.4. The van der Waals surface area contributed by atoms with Gasteiger partial charge in [0.25, 0.3) is 0 Å². The Morgan fingerprint density at radius 2 is 2.22 bits per heavy atom. The lowest BCUT2D eigenvalue weighted by Crippen LogP contribution is -2.19. The second kappa shape index (κ2) is 4.86. The van der Waals surface area contributed by atoms with Crippen molar-refractivity contribution in [3.8, 4) is 0 Å². The van der Waals surface area contributed by atoms with Crippen LogP contribution >= 0.6 is 0 Å². The standard InChI is InChI=1S/C15H16N2O/c18-15(12-5-7-16-10-12)9-11-6-8-17-14-4-2-1-3-13(11)14/h1-4,6,8,12,16H,5,7,9-10H2. The Labute approximate surface area is 106 Å². The van der Waals surface area contributed by atoms with Gasteiger partial charge in [0.05, 0.1) is 5.52 Å². The number of nitrogens with zero attached hydrogens (tertiary/aromatic N) is 1. The van der Waals surface area contributed by atoms with Crippen molar-refractivity contribution in [1.29, 1.82) is 0 Å². The zero-order chi connectivity index (χ0) is 12.4.